The van der Waals surface area contributed by atoms with Gasteiger partial charge in [-0.05, 0) is 68.8 Å². The summed E-state index contributed by atoms with van der Waals surface area (Å²) in [6, 6.07) is 5.15. The van der Waals surface area contributed by atoms with Gasteiger partial charge in [0.15, 0.2) is 0 Å². The summed E-state index contributed by atoms with van der Waals surface area (Å²) >= 11 is 0. The monoisotopic (exact) mass is 259 g/mol. The lowest BCUT2D eigenvalue weighted by Crippen LogP contribution is -2.22. The topological polar surface area (TPSA) is 12.0 Å². The van der Waals surface area contributed by atoms with E-state index in [1.165, 1.54) is 54.4 Å². The third kappa shape index (κ3) is 3.82. The maximum absolute atomic E-state index is 3.71. The van der Waals surface area contributed by atoms with Crippen LogP contribution in [0.5, 0.6) is 0 Å². The lowest BCUT2D eigenvalue weighted by Gasteiger charge is -2.19. The summed E-state index contributed by atoms with van der Waals surface area (Å²) in [6.45, 7) is 10.1. The molecule has 0 heterocycles. The number of rotatable bonds is 5. The molecule has 2 rings (SSSR count). The van der Waals surface area contributed by atoms with E-state index in [0.29, 0.717) is 6.04 Å². The second-order valence-electron chi connectivity index (χ2n) is 6.41. The van der Waals surface area contributed by atoms with Crippen LogP contribution in [0.1, 0.15) is 67.3 Å². The van der Waals surface area contributed by atoms with Crippen LogP contribution in [-0.4, -0.2) is 6.54 Å². The van der Waals surface area contributed by atoms with Crippen molar-refractivity contribution in [3.63, 3.8) is 0 Å². The van der Waals surface area contributed by atoms with Crippen LogP contribution in [0.4, 0.5) is 0 Å². The molecule has 1 saturated carbocycles. The molecule has 1 nitrogen and oxygen atoms in total. The van der Waals surface area contributed by atoms with Gasteiger partial charge in [-0.3, -0.25) is 0 Å². The second-order valence-corrected chi connectivity index (χ2v) is 6.41. The van der Waals surface area contributed by atoms with Gasteiger partial charge >= 0.3 is 0 Å². The molecule has 1 N–H and O–H groups in total. The molecule has 1 aliphatic rings. The summed E-state index contributed by atoms with van der Waals surface area (Å²) in [5.41, 5.74) is 5.70. The minimum Gasteiger partial charge on any atom is -0.310 e. The zero-order valence-corrected chi connectivity index (χ0v) is 13.1. The van der Waals surface area contributed by atoms with E-state index in [0.717, 1.165) is 12.5 Å². The van der Waals surface area contributed by atoms with Crippen molar-refractivity contribution in [3.05, 3.63) is 34.4 Å². The minimum absolute atomic E-state index is 0.473. The highest BCUT2D eigenvalue weighted by atomic mass is 14.9. The van der Waals surface area contributed by atoms with E-state index in [4.69, 9.17) is 0 Å². The molecule has 1 unspecified atom stereocenters. The van der Waals surface area contributed by atoms with Crippen LogP contribution in [0.3, 0.4) is 0 Å². The SMILES string of the molecule is Cc1cc(C)c(C(C)NCCC2CCCC2)cc1C. The van der Waals surface area contributed by atoms with Gasteiger partial charge in [0.1, 0.15) is 0 Å². The highest BCUT2D eigenvalue weighted by molar-refractivity contribution is 5.37. The molecule has 1 atom stereocenters. The van der Waals surface area contributed by atoms with E-state index in [-0.39, 0.29) is 0 Å². The van der Waals surface area contributed by atoms with Crippen molar-refractivity contribution >= 4 is 0 Å². The van der Waals surface area contributed by atoms with Crippen LogP contribution in [0.2, 0.25) is 0 Å². The lowest BCUT2D eigenvalue weighted by atomic mass is 9.96. The van der Waals surface area contributed by atoms with Gasteiger partial charge < -0.3 is 5.32 Å². The fraction of sp³-hybridized carbons (Fsp3) is 0.667. The number of nitrogens with one attached hydrogen (secondary N) is 1. The fourth-order valence-electron chi connectivity index (χ4n) is 3.36. The number of hydrogen-bond acceptors (Lipinski definition) is 1. The van der Waals surface area contributed by atoms with Crippen LogP contribution in [0.25, 0.3) is 0 Å². The van der Waals surface area contributed by atoms with Gasteiger partial charge in [0.25, 0.3) is 0 Å². The fourth-order valence-corrected chi connectivity index (χ4v) is 3.36. The van der Waals surface area contributed by atoms with Gasteiger partial charge in [-0.2, -0.15) is 0 Å². The zero-order valence-electron chi connectivity index (χ0n) is 13.1. The molecule has 19 heavy (non-hydrogen) atoms. The maximum Gasteiger partial charge on any atom is 0.0294 e. The first-order valence-corrected chi connectivity index (χ1v) is 7.89. The third-order valence-electron chi connectivity index (χ3n) is 4.83. The molecule has 0 amide bonds. The first-order valence-electron chi connectivity index (χ1n) is 7.89. The van der Waals surface area contributed by atoms with Crippen LogP contribution >= 0.6 is 0 Å². The molecule has 1 aromatic carbocycles. The smallest absolute Gasteiger partial charge is 0.0294 e. The predicted octanol–water partition coefficient (Wildman–Crippen LogP) is 4.84. The Morgan fingerprint density at radius 3 is 2.37 bits per heavy atom. The Hall–Kier alpha value is -0.820. The second kappa shape index (κ2) is 6.56. The molecule has 1 fully saturated rings. The standard InChI is InChI=1S/C18H29N/c1-13-11-15(3)18(12-14(13)2)16(4)19-10-9-17-7-5-6-8-17/h11-12,16-17,19H,5-10H2,1-4H3. The van der Waals surface area contributed by atoms with Crippen molar-refractivity contribution in [1.29, 1.82) is 0 Å². The Bertz CT molecular complexity index is 416. The summed E-state index contributed by atoms with van der Waals surface area (Å²) in [6.07, 6.45) is 7.18. The van der Waals surface area contributed by atoms with E-state index in [1.807, 2.05) is 0 Å². The normalized spacial score (nSPS) is 17.9. The molecular formula is C18H29N. The summed E-state index contributed by atoms with van der Waals surface area (Å²) in [5.74, 6) is 0.987. The molecule has 106 valence electrons. The van der Waals surface area contributed by atoms with E-state index in [9.17, 15) is 0 Å². The zero-order chi connectivity index (χ0) is 13.8. The first kappa shape index (κ1) is 14.6. The van der Waals surface area contributed by atoms with Crippen LogP contribution in [-0.2, 0) is 0 Å². The van der Waals surface area contributed by atoms with Crippen molar-refractivity contribution < 1.29 is 0 Å². The number of aryl methyl sites for hydroxylation is 3. The maximum atomic E-state index is 3.71. The Kier molecular flexibility index (Phi) is 5.04. The van der Waals surface area contributed by atoms with Crippen molar-refractivity contribution in [2.75, 3.05) is 6.54 Å². The number of hydrogen-bond donors (Lipinski definition) is 1. The summed E-state index contributed by atoms with van der Waals surface area (Å²) in [5, 5.41) is 3.71. The van der Waals surface area contributed by atoms with E-state index in [2.05, 4.69) is 45.1 Å². The quantitative estimate of drug-likeness (QED) is 0.797. The average Bonchev–Trinajstić information content (AvgIpc) is 2.86. The van der Waals surface area contributed by atoms with E-state index >= 15 is 0 Å². The minimum atomic E-state index is 0.473. The third-order valence-corrected chi connectivity index (χ3v) is 4.83. The van der Waals surface area contributed by atoms with Gasteiger partial charge in [0.05, 0.1) is 0 Å². The summed E-state index contributed by atoms with van der Waals surface area (Å²) in [4.78, 5) is 0. The molecule has 0 aliphatic heterocycles. The molecule has 0 radical (unpaired) electrons. The van der Waals surface area contributed by atoms with Gasteiger partial charge in [-0.15, -0.1) is 0 Å². The van der Waals surface area contributed by atoms with Gasteiger partial charge in [0, 0.05) is 6.04 Å². The molecule has 1 heteroatoms. The molecule has 0 aromatic heterocycles. The molecule has 1 aliphatic carbocycles. The Morgan fingerprint density at radius 1 is 1.05 bits per heavy atom. The van der Waals surface area contributed by atoms with Crippen LogP contribution in [0, 0.1) is 26.7 Å². The van der Waals surface area contributed by atoms with Crippen LogP contribution < -0.4 is 5.32 Å². The summed E-state index contributed by atoms with van der Waals surface area (Å²) in [7, 11) is 0. The largest absolute Gasteiger partial charge is 0.310 e. The van der Waals surface area contributed by atoms with Crippen molar-refractivity contribution in [2.45, 2.75) is 65.8 Å². The lowest BCUT2D eigenvalue weighted by molar-refractivity contribution is 0.454. The van der Waals surface area contributed by atoms with E-state index in [1.54, 1.807) is 0 Å². The van der Waals surface area contributed by atoms with Gasteiger partial charge in [-0.1, -0.05) is 37.8 Å². The molecular weight excluding hydrogens is 230 g/mol. The summed E-state index contributed by atoms with van der Waals surface area (Å²) < 4.78 is 0. The molecule has 0 bridgehead atoms. The Balaban J connectivity index is 1.88. The highest BCUT2D eigenvalue weighted by Crippen LogP contribution is 2.27. The van der Waals surface area contributed by atoms with Crippen molar-refractivity contribution in [1.82, 2.24) is 5.32 Å². The molecule has 0 spiro atoms. The Morgan fingerprint density at radius 2 is 1.68 bits per heavy atom. The van der Waals surface area contributed by atoms with Gasteiger partial charge in [-0.25, -0.2) is 0 Å². The highest BCUT2D eigenvalue weighted by Gasteiger charge is 2.15. The average molecular weight is 259 g/mol. The molecule has 1 aromatic rings. The Labute approximate surface area is 118 Å². The molecule has 0 saturated heterocycles. The predicted molar refractivity (Wildman–Crippen MR) is 83.6 cm³/mol. The van der Waals surface area contributed by atoms with Crippen molar-refractivity contribution in [2.24, 2.45) is 5.92 Å². The van der Waals surface area contributed by atoms with E-state index < -0.39 is 0 Å². The first-order chi connectivity index (χ1) is 9.08. The number of benzene rings is 1. The van der Waals surface area contributed by atoms with Crippen molar-refractivity contribution in [3.8, 4) is 0 Å². The van der Waals surface area contributed by atoms with Gasteiger partial charge in [0.2, 0.25) is 0 Å². The van der Waals surface area contributed by atoms with Crippen LogP contribution in [0.15, 0.2) is 12.1 Å².